The van der Waals surface area contributed by atoms with Gasteiger partial charge in [-0.25, -0.2) is 29.9 Å². The molecule has 18 aromatic carbocycles. The first-order chi connectivity index (χ1) is 65.4. The average Bonchev–Trinajstić information content (AvgIpc) is 1.57. The Morgan fingerprint density at radius 2 is 0.417 bits per heavy atom. The van der Waals surface area contributed by atoms with Gasteiger partial charge in [-0.15, -0.1) is 0 Å². The molecule has 12 nitrogen and oxygen atoms in total. The molecule has 12 heteroatoms. The average molecular weight is 1690 g/mol. The van der Waals surface area contributed by atoms with Crippen molar-refractivity contribution in [3.05, 3.63) is 455 Å². The minimum Gasteiger partial charge on any atom is -0.455 e. The van der Waals surface area contributed by atoms with E-state index in [0.29, 0.717) is 23.3 Å². The molecule has 0 saturated heterocycles. The highest BCUT2D eigenvalue weighted by Crippen LogP contribution is 2.46. The standard InChI is InChI=1S/C41H26N2O.C40H25N3O.C39H24N4O/c1-3-12-27(13-4-1)30-25-35(28-14-5-2-6-15-28)42-36(26-30)29-16-11-17-31(24-29)43-37-20-9-7-19-34(37)40-38(43)23-22-33-32-18-8-10-21-39(32)44-41(33)40;1-3-12-26(13-4-1)33-25-34(27-14-5-2-6-15-27)42-40(41-33)28-16-11-17-29(24-28)43-35-20-9-7-19-32(35)38-36(43)23-22-31-30-18-8-10-21-37(30)44-39(31)38;1-3-12-25(13-4-1)37-40-38(26-14-5-2-6-15-26)42-39(41-37)27-16-11-17-28(24-27)43-32-20-9-7-19-31(32)35-33(43)23-22-30-29-18-8-10-21-34(29)44-36(30)35/h1-26H;1-25H;1-24H. The minimum atomic E-state index is 0.625. The predicted octanol–water partition coefficient (Wildman–Crippen LogP) is 31.4. The number of hydrogen-bond acceptors (Lipinski definition) is 9. The van der Waals surface area contributed by atoms with E-state index in [1.54, 1.807) is 0 Å². The molecule has 0 aliphatic rings. The summed E-state index contributed by atoms with van der Waals surface area (Å²) in [6.45, 7) is 0. The van der Waals surface area contributed by atoms with Gasteiger partial charge in [0.25, 0.3) is 0 Å². The van der Waals surface area contributed by atoms with Gasteiger partial charge in [0.2, 0.25) is 0 Å². The highest BCUT2D eigenvalue weighted by Gasteiger charge is 2.25. The quantitative estimate of drug-likeness (QED) is 0.117. The van der Waals surface area contributed by atoms with Gasteiger partial charge >= 0.3 is 0 Å². The summed E-state index contributed by atoms with van der Waals surface area (Å²) in [7, 11) is 0. The van der Waals surface area contributed by atoms with Gasteiger partial charge in [-0.05, 0) is 139 Å². The molecule has 0 N–H and O–H groups in total. The SMILES string of the molecule is c1ccc(-c2cc(-c3ccccc3)nc(-c3cccc(-n4c5ccccc5c5c6oc7ccccc7c6ccc54)c3)c2)cc1.c1ccc(-c2cc(-c3ccccc3)nc(-c3cccc(-n4c5ccccc5c5c6oc7ccccc7c6ccc54)c3)n2)cc1.c1ccc(-c2nc(-c3ccccc3)nc(-c3cccc(-n4c5ccccc5c5c6oc7ccccc7c6ccc54)c3)n2)cc1. The zero-order chi connectivity index (χ0) is 87.1. The van der Waals surface area contributed by atoms with E-state index in [0.717, 1.165) is 216 Å². The zero-order valence-electron chi connectivity index (χ0n) is 71.1. The van der Waals surface area contributed by atoms with Crippen LogP contribution in [0.3, 0.4) is 0 Å². The van der Waals surface area contributed by atoms with Crippen LogP contribution in [-0.2, 0) is 0 Å². The summed E-state index contributed by atoms with van der Waals surface area (Å²) in [6, 6.07) is 157. The van der Waals surface area contributed by atoms with Gasteiger partial charge in [0, 0.05) is 110 Å². The van der Waals surface area contributed by atoms with Crippen LogP contribution in [-0.4, -0.2) is 43.6 Å². The summed E-state index contributed by atoms with van der Waals surface area (Å²) in [5, 5.41) is 13.6. The topological polar surface area (TPSA) is 132 Å². The van der Waals surface area contributed by atoms with Crippen molar-refractivity contribution >= 4 is 131 Å². The maximum atomic E-state index is 6.50. The van der Waals surface area contributed by atoms with Crippen molar-refractivity contribution in [2.75, 3.05) is 0 Å². The second-order valence-corrected chi connectivity index (χ2v) is 33.1. The number of pyridine rings is 1. The Morgan fingerprint density at radius 3 is 0.780 bits per heavy atom. The molecule has 27 rings (SSSR count). The van der Waals surface area contributed by atoms with Gasteiger partial charge in [0.15, 0.2) is 23.3 Å². The Balaban J connectivity index is 0.000000106. The maximum absolute atomic E-state index is 6.50. The number of furan rings is 3. The lowest BCUT2D eigenvalue weighted by Gasteiger charge is -2.13. The number of rotatable bonds is 12. The van der Waals surface area contributed by atoms with E-state index in [2.05, 4.69) is 329 Å². The molecule has 27 aromatic rings. The third kappa shape index (κ3) is 13.4. The van der Waals surface area contributed by atoms with Crippen LogP contribution >= 0.6 is 0 Å². The summed E-state index contributed by atoms with van der Waals surface area (Å²) >= 11 is 0. The molecule has 9 aromatic heterocycles. The monoisotopic (exact) mass is 1690 g/mol. The predicted molar refractivity (Wildman–Crippen MR) is 540 cm³/mol. The molecular formula is C120H75N9O3. The van der Waals surface area contributed by atoms with E-state index >= 15 is 0 Å². The molecule has 0 saturated carbocycles. The van der Waals surface area contributed by atoms with Gasteiger partial charge in [-0.3, -0.25) is 0 Å². The fourth-order valence-electron chi connectivity index (χ4n) is 19.2. The first-order valence-electron chi connectivity index (χ1n) is 44.3. The van der Waals surface area contributed by atoms with Crippen molar-refractivity contribution in [3.8, 4) is 119 Å². The highest BCUT2D eigenvalue weighted by molar-refractivity contribution is 6.27. The Labute approximate surface area is 756 Å². The van der Waals surface area contributed by atoms with Gasteiger partial charge < -0.3 is 27.0 Å². The third-order valence-electron chi connectivity index (χ3n) is 25.2. The summed E-state index contributed by atoms with van der Waals surface area (Å²) in [4.78, 5) is 30.1. The van der Waals surface area contributed by atoms with E-state index in [9.17, 15) is 0 Å². The van der Waals surface area contributed by atoms with Crippen molar-refractivity contribution in [1.82, 2.24) is 43.6 Å². The molecule has 0 atom stereocenters. The van der Waals surface area contributed by atoms with Crippen molar-refractivity contribution < 1.29 is 13.3 Å². The highest BCUT2D eigenvalue weighted by atomic mass is 16.3. The van der Waals surface area contributed by atoms with Crippen LogP contribution in [0.2, 0.25) is 0 Å². The smallest absolute Gasteiger partial charge is 0.164 e. The second kappa shape index (κ2) is 32.1. The molecule has 618 valence electrons. The van der Waals surface area contributed by atoms with Gasteiger partial charge in [0.05, 0.1) is 72.0 Å². The first-order valence-corrected chi connectivity index (χ1v) is 44.3. The molecule has 0 aliphatic carbocycles. The van der Waals surface area contributed by atoms with Gasteiger partial charge in [0.1, 0.15) is 33.5 Å². The van der Waals surface area contributed by atoms with Crippen LogP contribution in [0.5, 0.6) is 0 Å². The molecular weight excluding hydrogens is 1620 g/mol. The van der Waals surface area contributed by atoms with Crippen molar-refractivity contribution in [2.45, 2.75) is 0 Å². The van der Waals surface area contributed by atoms with E-state index < -0.39 is 0 Å². The third-order valence-corrected chi connectivity index (χ3v) is 25.2. The van der Waals surface area contributed by atoms with Gasteiger partial charge in [-0.2, -0.15) is 0 Å². The summed E-state index contributed by atoms with van der Waals surface area (Å²) in [5.74, 6) is 2.60. The molecule has 0 bridgehead atoms. The fraction of sp³-hybridized carbons (Fsp3) is 0. The van der Waals surface area contributed by atoms with E-state index in [1.807, 2.05) is 140 Å². The summed E-state index contributed by atoms with van der Waals surface area (Å²) in [5.41, 5.74) is 29.3. The van der Waals surface area contributed by atoms with E-state index in [-0.39, 0.29) is 0 Å². The number of para-hydroxylation sites is 6. The maximum Gasteiger partial charge on any atom is 0.164 e. The lowest BCUT2D eigenvalue weighted by molar-refractivity contribution is 0.672. The number of fused-ring (bicyclic) bond motifs is 21. The van der Waals surface area contributed by atoms with Crippen LogP contribution < -0.4 is 0 Å². The normalized spacial score (nSPS) is 11.6. The number of benzene rings is 18. The zero-order valence-corrected chi connectivity index (χ0v) is 71.1. The van der Waals surface area contributed by atoms with Crippen molar-refractivity contribution in [2.24, 2.45) is 0 Å². The Kier molecular flexibility index (Phi) is 18.6. The lowest BCUT2D eigenvalue weighted by atomic mass is 10.00. The fourth-order valence-corrected chi connectivity index (χ4v) is 19.2. The number of aromatic nitrogens is 9. The lowest BCUT2D eigenvalue weighted by Crippen LogP contribution is -2.01. The summed E-state index contributed by atoms with van der Waals surface area (Å²) in [6.07, 6.45) is 0. The van der Waals surface area contributed by atoms with Crippen LogP contribution in [0.15, 0.2) is 468 Å². The van der Waals surface area contributed by atoms with E-state index in [1.165, 1.54) is 10.9 Å². The Hall–Kier alpha value is -18.0. The second-order valence-electron chi connectivity index (χ2n) is 33.1. The van der Waals surface area contributed by atoms with Crippen LogP contribution in [0.1, 0.15) is 0 Å². The Morgan fingerprint density at radius 1 is 0.152 bits per heavy atom. The van der Waals surface area contributed by atoms with Crippen LogP contribution in [0.25, 0.3) is 250 Å². The molecule has 0 unspecified atom stereocenters. The van der Waals surface area contributed by atoms with Crippen molar-refractivity contribution in [1.29, 1.82) is 0 Å². The largest absolute Gasteiger partial charge is 0.455 e. The molecule has 0 aliphatic heterocycles. The first kappa shape index (κ1) is 76.4. The van der Waals surface area contributed by atoms with E-state index in [4.69, 9.17) is 43.2 Å². The molecule has 0 spiro atoms. The molecule has 0 radical (unpaired) electrons. The van der Waals surface area contributed by atoms with Gasteiger partial charge in [-0.1, -0.05) is 328 Å². The number of nitrogens with zero attached hydrogens (tertiary/aromatic N) is 9. The van der Waals surface area contributed by atoms with Crippen LogP contribution in [0.4, 0.5) is 0 Å². The summed E-state index contributed by atoms with van der Waals surface area (Å²) < 4.78 is 26.5. The minimum absolute atomic E-state index is 0.625. The molecule has 0 fully saturated rings. The van der Waals surface area contributed by atoms with Crippen LogP contribution in [0, 0.1) is 0 Å². The molecule has 132 heavy (non-hydrogen) atoms. The van der Waals surface area contributed by atoms with Crippen molar-refractivity contribution in [3.63, 3.8) is 0 Å². The molecule has 9 heterocycles. The molecule has 0 amide bonds. The number of hydrogen-bond donors (Lipinski definition) is 0. The Bertz CT molecular complexity index is 8140.